The van der Waals surface area contributed by atoms with Crippen molar-refractivity contribution in [3.05, 3.63) is 86.0 Å². The van der Waals surface area contributed by atoms with E-state index in [4.69, 9.17) is 23.2 Å². The minimum absolute atomic E-state index is 0.205. The third-order valence-corrected chi connectivity index (χ3v) is 6.90. The number of halogens is 2. The molecule has 0 N–H and O–H groups in total. The number of benzene rings is 2. The van der Waals surface area contributed by atoms with Gasteiger partial charge in [0.2, 0.25) is 0 Å². The number of nitrogens with zero attached hydrogens (tertiary/aromatic N) is 3. The van der Waals surface area contributed by atoms with Crippen molar-refractivity contribution in [2.75, 3.05) is 11.4 Å². The molecular formula is C23H15Cl2N3O3S. The van der Waals surface area contributed by atoms with Gasteiger partial charge in [0.25, 0.3) is 17.6 Å². The smallest absolute Gasteiger partial charge is 0.295 e. The molecule has 3 heterocycles. The molecule has 2 amide bonds. The van der Waals surface area contributed by atoms with E-state index >= 15 is 0 Å². The number of carbonyl (C=O) groups is 3. The van der Waals surface area contributed by atoms with E-state index in [1.807, 2.05) is 29.6 Å². The van der Waals surface area contributed by atoms with E-state index in [0.29, 0.717) is 22.2 Å². The summed E-state index contributed by atoms with van der Waals surface area (Å²) in [5.41, 5.74) is 2.21. The summed E-state index contributed by atoms with van der Waals surface area (Å²) in [4.78, 5) is 40.5. The van der Waals surface area contributed by atoms with Gasteiger partial charge in [-0.15, -0.1) is 11.3 Å². The molecular weight excluding hydrogens is 469 g/mol. The Kier molecular flexibility index (Phi) is 5.33. The molecule has 2 aromatic carbocycles. The second-order valence-electron chi connectivity index (χ2n) is 7.41. The molecule has 0 radical (unpaired) electrons. The van der Waals surface area contributed by atoms with E-state index in [9.17, 15) is 14.4 Å². The molecule has 5 rings (SSSR count). The summed E-state index contributed by atoms with van der Waals surface area (Å²) in [7, 11) is 0. The molecule has 2 aliphatic heterocycles. The van der Waals surface area contributed by atoms with Crippen LogP contribution in [-0.2, 0) is 9.59 Å². The van der Waals surface area contributed by atoms with Crippen LogP contribution in [0.25, 0.3) is 0 Å². The van der Waals surface area contributed by atoms with Gasteiger partial charge in [0.1, 0.15) is 6.54 Å². The molecule has 0 fully saturated rings. The van der Waals surface area contributed by atoms with E-state index in [1.165, 1.54) is 27.3 Å². The van der Waals surface area contributed by atoms with Crippen molar-refractivity contribution in [1.82, 2.24) is 5.01 Å². The van der Waals surface area contributed by atoms with Crippen molar-refractivity contribution in [1.29, 1.82) is 0 Å². The number of hydrazone groups is 1. The van der Waals surface area contributed by atoms with Gasteiger partial charge < -0.3 is 0 Å². The maximum Gasteiger partial charge on any atom is 0.299 e. The Bertz CT molecular complexity index is 1270. The lowest BCUT2D eigenvalue weighted by molar-refractivity contribution is -0.132. The van der Waals surface area contributed by atoms with Crippen molar-refractivity contribution >= 4 is 63.5 Å². The predicted molar refractivity (Wildman–Crippen MR) is 125 cm³/mol. The Morgan fingerprint density at radius 1 is 1.06 bits per heavy atom. The molecule has 0 spiro atoms. The summed E-state index contributed by atoms with van der Waals surface area (Å²) in [6, 6.07) is 15.5. The number of amides is 2. The largest absolute Gasteiger partial charge is 0.299 e. The van der Waals surface area contributed by atoms with E-state index in [-0.39, 0.29) is 24.1 Å². The van der Waals surface area contributed by atoms with Crippen LogP contribution in [0.5, 0.6) is 0 Å². The molecule has 1 unspecified atom stereocenters. The zero-order valence-electron chi connectivity index (χ0n) is 16.5. The Morgan fingerprint density at radius 2 is 1.81 bits per heavy atom. The quantitative estimate of drug-likeness (QED) is 0.492. The highest BCUT2D eigenvalue weighted by molar-refractivity contribution is 7.10. The zero-order chi connectivity index (χ0) is 22.4. The van der Waals surface area contributed by atoms with Crippen molar-refractivity contribution in [3.63, 3.8) is 0 Å². The summed E-state index contributed by atoms with van der Waals surface area (Å²) in [5.74, 6) is -1.79. The maximum absolute atomic E-state index is 13.3. The van der Waals surface area contributed by atoms with Crippen LogP contribution in [0.3, 0.4) is 0 Å². The molecule has 9 heteroatoms. The predicted octanol–water partition coefficient (Wildman–Crippen LogP) is 4.96. The summed E-state index contributed by atoms with van der Waals surface area (Å²) < 4.78 is 0. The minimum Gasteiger partial charge on any atom is -0.295 e. The molecule has 32 heavy (non-hydrogen) atoms. The van der Waals surface area contributed by atoms with Crippen molar-refractivity contribution in [3.8, 4) is 0 Å². The first-order valence-corrected chi connectivity index (χ1v) is 11.4. The van der Waals surface area contributed by atoms with Crippen LogP contribution in [0.2, 0.25) is 10.0 Å². The van der Waals surface area contributed by atoms with Crippen molar-refractivity contribution in [2.24, 2.45) is 5.10 Å². The molecule has 160 valence electrons. The summed E-state index contributed by atoms with van der Waals surface area (Å²) in [6.07, 6.45) is 0.535. The molecule has 1 aromatic heterocycles. The number of anilines is 1. The van der Waals surface area contributed by atoms with Crippen molar-refractivity contribution < 1.29 is 14.4 Å². The van der Waals surface area contributed by atoms with Crippen LogP contribution in [-0.4, -0.2) is 34.9 Å². The SMILES string of the molecule is O=C1C(=O)N(CC(=O)N2N=C(c3ccc(Cl)cc3)CC2c2cccs2)c2ccc(Cl)cc21. The summed E-state index contributed by atoms with van der Waals surface area (Å²) in [6.45, 7) is -0.293. The van der Waals surface area contributed by atoms with Crippen LogP contribution < -0.4 is 4.90 Å². The van der Waals surface area contributed by atoms with E-state index in [1.54, 1.807) is 24.3 Å². The second-order valence-corrected chi connectivity index (χ2v) is 9.26. The van der Waals surface area contributed by atoms with Crippen molar-refractivity contribution in [2.45, 2.75) is 12.5 Å². The van der Waals surface area contributed by atoms with Crippen LogP contribution in [0.15, 0.2) is 65.1 Å². The second kappa shape index (κ2) is 8.16. The number of hydrogen-bond donors (Lipinski definition) is 0. The van der Waals surface area contributed by atoms with Gasteiger partial charge in [-0.3, -0.25) is 19.3 Å². The normalized spacial score (nSPS) is 17.7. The lowest BCUT2D eigenvalue weighted by Gasteiger charge is -2.23. The highest BCUT2D eigenvalue weighted by Gasteiger charge is 2.40. The van der Waals surface area contributed by atoms with Gasteiger partial charge in [0, 0.05) is 21.3 Å². The first-order chi connectivity index (χ1) is 15.4. The molecule has 0 saturated heterocycles. The van der Waals surface area contributed by atoms with Gasteiger partial charge >= 0.3 is 0 Å². The van der Waals surface area contributed by atoms with E-state index in [0.717, 1.165) is 16.2 Å². The lowest BCUT2D eigenvalue weighted by Crippen LogP contribution is -2.40. The highest BCUT2D eigenvalue weighted by Crippen LogP contribution is 2.36. The number of fused-ring (bicyclic) bond motifs is 1. The van der Waals surface area contributed by atoms with Crippen LogP contribution in [0.4, 0.5) is 5.69 Å². The fraction of sp³-hybridized carbons (Fsp3) is 0.130. The molecule has 0 aliphatic carbocycles. The van der Waals surface area contributed by atoms with Gasteiger partial charge in [0.05, 0.1) is 23.0 Å². The van der Waals surface area contributed by atoms with Gasteiger partial charge in [0.15, 0.2) is 0 Å². The molecule has 0 saturated carbocycles. The van der Waals surface area contributed by atoms with E-state index in [2.05, 4.69) is 5.10 Å². The Hall–Kier alpha value is -3.00. The standard InChI is InChI=1S/C23H15Cl2N3O3S/c24-14-5-3-13(4-6-14)17-11-19(20-2-1-9-32-20)28(26-17)21(29)12-27-18-8-7-15(25)10-16(18)22(30)23(27)31/h1-10,19H,11-12H2. The van der Waals surface area contributed by atoms with Gasteiger partial charge in [-0.05, 0) is 47.3 Å². The number of carbonyl (C=O) groups excluding carboxylic acids is 3. The van der Waals surface area contributed by atoms with Gasteiger partial charge in [-0.2, -0.15) is 5.10 Å². The highest BCUT2D eigenvalue weighted by atomic mass is 35.5. The van der Waals surface area contributed by atoms with Gasteiger partial charge in [-0.25, -0.2) is 5.01 Å². The maximum atomic E-state index is 13.3. The molecule has 1 atom stereocenters. The monoisotopic (exact) mass is 483 g/mol. The Morgan fingerprint density at radius 3 is 2.53 bits per heavy atom. The first kappa shape index (κ1) is 20.9. The number of Topliss-reactive ketones (excluding diaryl/α,β-unsaturated/α-hetero) is 1. The van der Waals surface area contributed by atoms with Crippen LogP contribution in [0, 0.1) is 0 Å². The average Bonchev–Trinajstić information content (AvgIpc) is 3.51. The minimum atomic E-state index is -0.746. The number of hydrogen-bond acceptors (Lipinski definition) is 5. The van der Waals surface area contributed by atoms with Gasteiger partial charge in [-0.1, -0.05) is 41.4 Å². The zero-order valence-corrected chi connectivity index (χ0v) is 18.8. The summed E-state index contributed by atoms with van der Waals surface area (Å²) in [5, 5.41) is 8.94. The molecule has 3 aromatic rings. The molecule has 6 nitrogen and oxygen atoms in total. The fourth-order valence-electron chi connectivity index (χ4n) is 3.90. The first-order valence-electron chi connectivity index (χ1n) is 9.77. The number of ketones is 1. The third kappa shape index (κ3) is 3.62. The number of rotatable bonds is 4. The Labute approximate surface area is 197 Å². The third-order valence-electron chi connectivity index (χ3n) is 5.44. The molecule has 2 aliphatic rings. The molecule has 0 bridgehead atoms. The summed E-state index contributed by atoms with van der Waals surface area (Å²) >= 11 is 13.5. The van der Waals surface area contributed by atoms with Crippen LogP contribution >= 0.6 is 34.5 Å². The fourth-order valence-corrected chi connectivity index (χ4v) is 5.01. The van der Waals surface area contributed by atoms with E-state index < -0.39 is 11.7 Å². The average molecular weight is 484 g/mol. The lowest BCUT2D eigenvalue weighted by atomic mass is 10.0. The number of thiophene rings is 1. The topological polar surface area (TPSA) is 70.1 Å². The van der Waals surface area contributed by atoms with Crippen LogP contribution in [0.1, 0.15) is 33.3 Å². The Balaban J connectivity index is 1.46.